The standard InChI is InChI=1S/C11H13ClN2O4/c1-11(2,3)18-10(17)14-7-4-8(9(15)16)13-5-6(7)12/h4-5H,1-3H3,(H,15,16)(H,13,14,17). The fraction of sp³-hybridized carbons (Fsp3) is 0.364. The zero-order valence-electron chi connectivity index (χ0n) is 10.2. The zero-order chi connectivity index (χ0) is 13.9. The number of carboxylic acids is 1. The maximum absolute atomic E-state index is 11.5. The Bertz CT molecular complexity index is 482. The van der Waals surface area contributed by atoms with Gasteiger partial charge in [0.1, 0.15) is 11.3 Å². The number of ether oxygens (including phenoxy) is 1. The molecule has 0 bridgehead atoms. The van der Waals surface area contributed by atoms with Crippen LogP contribution in [0.2, 0.25) is 5.02 Å². The van der Waals surface area contributed by atoms with E-state index in [9.17, 15) is 9.59 Å². The molecule has 1 aromatic heterocycles. The Morgan fingerprint density at radius 3 is 2.56 bits per heavy atom. The lowest BCUT2D eigenvalue weighted by Gasteiger charge is -2.19. The van der Waals surface area contributed by atoms with E-state index >= 15 is 0 Å². The third kappa shape index (κ3) is 4.21. The highest BCUT2D eigenvalue weighted by Crippen LogP contribution is 2.22. The van der Waals surface area contributed by atoms with Gasteiger partial charge in [-0.25, -0.2) is 14.6 Å². The van der Waals surface area contributed by atoms with Crippen LogP contribution in [0.1, 0.15) is 31.3 Å². The first-order chi connectivity index (χ1) is 8.19. The summed E-state index contributed by atoms with van der Waals surface area (Å²) in [6, 6.07) is 1.16. The van der Waals surface area contributed by atoms with E-state index in [1.165, 1.54) is 0 Å². The van der Waals surface area contributed by atoms with E-state index in [1.807, 2.05) is 0 Å². The van der Waals surface area contributed by atoms with Gasteiger partial charge in [0, 0.05) is 6.20 Å². The minimum atomic E-state index is -1.21. The number of carbonyl (C=O) groups excluding carboxylic acids is 1. The molecule has 0 saturated carbocycles. The van der Waals surface area contributed by atoms with E-state index in [4.69, 9.17) is 21.4 Å². The van der Waals surface area contributed by atoms with Crippen LogP contribution < -0.4 is 5.32 Å². The number of nitrogens with zero attached hydrogens (tertiary/aromatic N) is 1. The highest BCUT2D eigenvalue weighted by molar-refractivity contribution is 6.33. The molecule has 0 spiro atoms. The van der Waals surface area contributed by atoms with E-state index in [0.717, 1.165) is 12.3 Å². The lowest BCUT2D eigenvalue weighted by molar-refractivity contribution is 0.0632. The molecule has 0 unspecified atom stereocenters. The number of anilines is 1. The van der Waals surface area contributed by atoms with Crippen LogP contribution in [0.5, 0.6) is 0 Å². The molecule has 0 aliphatic rings. The summed E-state index contributed by atoms with van der Waals surface area (Å²) in [5, 5.41) is 11.3. The first kappa shape index (κ1) is 14.2. The summed E-state index contributed by atoms with van der Waals surface area (Å²) in [7, 11) is 0. The predicted octanol–water partition coefficient (Wildman–Crippen LogP) is 2.78. The van der Waals surface area contributed by atoms with Crippen molar-refractivity contribution < 1.29 is 19.4 Å². The van der Waals surface area contributed by atoms with Gasteiger partial charge >= 0.3 is 12.1 Å². The smallest absolute Gasteiger partial charge is 0.412 e. The van der Waals surface area contributed by atoms with Crippen LogP contribution in [0, 0.1) is 0 Å². The van der Waals surface area contributed by atoms with Crippen LogP contribution in [-0.2, 0) is 4.74 Å². The molecule has 1 amide bonds. The van der Waals surface area contributed by atoms with E-state index in [-0.39, 0.29) is 16.4 Å². The van der Waals surface area contributed by atoms with Crippen LogP contribution in [0.4, 0.5) is 10.5 Å². The van der Waals surface area contributed by atoms with E-state index < -0.39 is 17.7 Å². The van der Waals surface area contributed by atoms with E-state index in [1.54, 1.807) is 20.8 Å². The highest BCUT2D eigenvalue weighted by Gasteiger charge is 2.18. The molecule has 0 aliphatic heterocycles. The van der Waals surface area contributed by atoms with Crippen molar-refractivity contribution in [1.29, 1.82) is 0 Å². The predicted molar refractivity (Wildman–Crippen MR) is 66.1 cm³/mol. The average Bonchev–Trinajstić information content (AvgIpc) is 2.18. The number of aromatic nitrogens is 1. The minimum absolute atomic E-state index is 0.130. The van der Waals surface area contributed by atoms with Crippen molar-refractivity contribution in [2.24, 2.45) is 0 Å². The number of hydrogen-bond acceptors (Lipinski definition) is 4. The van der Waals surface area contributed by atoms with Crippen LogP contribution in [0.25, 0.3) is 0 Å². The van der Waals surface area contributed by atoms with Crippen molar-refractivity contribution in [3.8, 4) is 0 Å². The first-order valence-electron chi connectivity index (χ1n) is 5.08. The quantitative estimate of drug-likeness (QED) is 0.864. The van der Waals surface area contributed by atoms with Gasteiger partial charge in [0.05, 0.1) is 10.7 Å². The molecule has 0 atom stereocenters. The lowest BCUT2D eigenvalue weighted by atomic mass is 10.2. The molecule has 0 radical (unpaired) electrons. The van der Waals surface area contributed by atoms with Crippen molar-refractivity contribution in [2.45, 2.75) is 26.4 Å². The van der Waals surface area contributed by atoms with Gasteiger partial charge < -0.3 is 9.84 Å². The molecule has 0 aromatic carbocycles. The molecule has 6 nitrogen and oxygen atoms in total. The number of carboxylic acid groups (broad SMARTS) is 1. The molecule has 7 heteroatoms. The van der Waals surface area contributed by atoms with Gasteiger partial charge in [-0.05, 0) is 26.8 Å². The van der Waals surface area contributed by atoms with Gasteiger partial charge in [-0.1, -0.05) is 11.6 Å². The lowest BCUT2D eigenvalue weighted by Crippen LogP contribution is -2.27. The molecule has 0 saturated heterocycles. The summed E-state index contributed by atoms with van der Waals surface area (Å²) in [5.74, 6) is -1.21. The van der Waals surface area contributed by atoms with Gasteiger partial charge in [0.2, 0.25) is 0 Å². The van der Waals surface area contributed by atoms with Crippen LogP contribution in [0.3, 0.4) is 0 Å². The SMILES string of the molecule is CC(C)(C)OC(=O)Nc1cc(C(=O)O)ncc1Cl. The summed E-state index contributed by atoms with van der Waals surface area (Å²) in [4.78, 5) is 25.8. The summed E-state index contributed by atoms with van der Waals surface area (Å²) < 4.78 is 5.02. The molecule has 0 aliphatic carbocycles. The third-order valence-corrected chi connectivity index (χ3v) is 2.01. The number of nitrogens with one attached hydrogen (secondary N) is 1. The summed E-state index contributed by atoms with van der Waals surface area (Å²) in [6.07, 6.45) is 0.435. The Balaban J connectivity index is 2.87. The number of rotatable bonds is 2. The van der Waals surface area contributed by atoms with Gasteiger partial charge in [-0.3, -0.25) is 5.32 Å². The maximum Gasteiger partial charge on any atom is 0.412 e. The second-order valence-corrected chi connectivity index (χ2v) is 4.89. The second-order valence-electron chi connectivity index (χ2n) is 4.48. The molecule has 98 valence electrons. The largest absolute Gasteiger partial charge is 0.477 e. The Morgan fingerprint density at radius 1 is 1.44 bits per heavy atom. The topological polar surface area (TPSA) is 88.5 Å². The normalized spacial score (nSPS) is 10.9. The van der Waals surface area contributed by atoms with Crippen molar-refractivity contribution in [1.82, 2.24) is 4.98 Å². The summed E-state index contributed by atoms with van der Waals surface area (Å²) in [5.41, 5.74) is -0.733. The number of pyridine rings is 1. The summed E-state index contributed by atoms with van der Waals surface area (Å²) in [6.45, 7) is 5.14. The number of aromatic carboxylic acids is 1. The highest BCUT2D eigenvalue weighted by atomic mass is 35.5. The van der Waals surface area contributed by atoms with Gasteiger partial charge in [0.25, 0.3) is 0 Å². The van der Waals surface area contributed by atoms with Gasteiger partial charge in [0.15, 0.2) is 0 Å². The molecule has 2 N–H and O–H groups in total. The Hall–Kier alpha value is -1.82. The molecule has 1 heterocycles. The van der Waals surface area contributed by atoms with Crippen molar-refractivity contribution >= 4 is 29.4 Å². The Labute approximate surface area is 109 Å². The number of hydrogen-bond donors (Lipinski definition) is 2. The van der Waals surface area contributed by atoms with Crippen molar-refractivity contribution in [3.63, 3.8) is 0 Å². The molecule has 1 aromatic rings. The van der Waals surface area contributed by atoms with Crippen LogP contribution in [0.15, 0.2) is 12.3 Å². The van der Waals surface area contributed by atoms with Crippen LogP contribution >= 0.6 is 11.6 Å². The van der Waals surface area contributed by atoms with Gasteiger partial charge in [-0.2, -0.15) is 0 Å². The maximum atomic E-state index is 11.5. The second kappa shape index (κ2) is 5.22. The Kier molecular flexibility index (Phi) is 4.13. The van der Waals surface area contributed by atoms with Crippen molar-refractivity contribution in [2.75, 3.05) is 5.32 Å². The number of carbonyl (C=O) groups is 2. The number of amides is 1. The Morgan fingerprint density at radius 2 is 2.06 bits per heavy atom. The summed E-state index contributed by atoms with van der Waals surface area (Å²) >= 11 is 5.79. The zero-order valence-corrected chi connectivity index (χ0v) is 10.9. The molecule has 0 fully saturated rings. The average molecular weight is 273 g/mol. The molecule has 1 rings (SSSR count). The van der Waals surface area contributed by atoms with E-state index in [2.05, 4.69) is 10.3 Å². The monoisotopic (exact) mass is 272 g/mol. The third-order valence-electron chi connectivity index (χ3n) is 1.71. The molecular formula is C11H13ClN2O4. The van der Waals surface area contributed by atoms with E-state index in [0.29, 0.717) is 0 Å². The molecule has 18 heavy (non-hydrogen) atoms. The van der Waals surface area contributed by atoms with Crippen molar-refractivity contribution in [3.05, 3.63) is 23.0 Å². The number of halogens is 1. The van der Waals surface area contributed by atoms with Crippen LogP contribution in [-0.4, -0.2) is 27.8 Å². The minimum Gasteiger partial charge on any atom is -0.477 e. The fourth-order valence-corrected chi connectivity index (χ4v) is 1.22. The first-order valence-corrected chi connectivity index (χ1v) is 5.45. The molecular weight excluding hydrogens is 260 g/mol. The fourth-order valence-electron chi connectivity index (χ4n) is 1.07. The van der Waals surface area contributed by atoms with Gasteiger partial charge in [-0.15, -0.1) is 0 Å².